The van der Waals surface area contributed by atoms with Crippen molar-refractivity contribution in [1.82, 2.24) is 4.90 Å². The first-order valence-corrected chi connectivity index (χ1v) is 9.00. The molecule has 0 radical (unpaired) electrons. The predicted octanol–water partition coefficient (Wildman–Crippen LogP) is 3.15. The van der Waals surface area contributed by atoms with Gasteiger partial charge in [0.2, 0.25) is 5.91 Å². The molecule has 1 aliphatic carbocycles. The molecule has 1 fully saturated rings. The third-order valence-electron chi connectivity index (χ3n) is 4.75. The van der Waals surface area contributed by atoms with Crippen LogP contribution >= 0.6 is 0 Å². The summed E-state index contributed by atoms with van der Waals surface area (Å²) in [4.78, 5) is 37.1. The first kappa shape index (κ1) is 19.5. The van der Waals surface area contributed by atoms with E-state index >= 15 is 0 Å². The van der Waals surface area contributed by atoms with Crippen LogP contribution in [0.3, 0.4) is 0 Å². The fourth-order valence-corrected chi connectivity index (χ4v) is 2.97. The standard InChI is InChI=1S/C21H21FN2O4/c1-13-10-18(13)20(27)23-17-8-4-15(5-9-17)21(28)24(12-19(25)26)11-14-2-6-16(22)7-3-14/h2-9,13,18H,10-12H2,1H3,(H,23,27)(H,25,26). The molecule has 1 saturated carbocycles. The first-order valence-electron chi connectivity index (χ1n) is 9.00. The average molecular weight is 384 g/mol. The minimum Gasteiger partial charge on any atom is -0.480 e. The molecule has 2 atom stereocenters. The number of carboxylic acid groups (broad SMARTS) is 1. The highest BCUT2D eigenvalue weighted by molar-refractivity contribution is 5.97. The van der Waals surface area contributed by atoms with E-state index in [1.165, 1.54) is 29.2 Å². The van der Waals surface area contributed by atoms with Gasteiger partial charge in [-0.2, -0.15) is 0 Å². The molecular formula is C21H21FN2O4. The van der Waals surface area contributed by atoms with Gasteiger partial charge in [-0.1, -0.05) is 19.1 Å². The lowest BCUT2D eigenvalue weighted by Crippen LogP contribution is -2.35. The van der Waals surface area contributed by atoms with E-state index in [2.05, 4.69) is 5.32 Å². The maximum atomic E-state index is 13.1. The Labute approximate surface area is 162 Å². The van der Waals surface area contributed by atoms with Crippen molar-refractivity contribution in [1.29, 1.82) is 0 Å². The fraction of sp³-hybridized carbons (Fsp3) is 0.286. The van der Waals surface area contributed by atoms with Crippen molar-refractivity contribution < 1.29 is 23.9 Å². The number of hydrogen-bond donors (Lipinski definition) is 2. The Morgan fingerprint density at radius 2 is 1.71 bits per heavy atom. The van der Waals surface area contributed by atoms with Gasteiger partial charge in [0, 0.05) is 23.7 Å². The number of halogens is 1. The van der Waals surface area contributed by atoms with Crippen molar-refractivity contribution in [2.45, 2.75) is 19.9 Å². The number of amides is 2. The van der Waals surface area contributed by atoms with Crippen molar-refractivity contribution in [2.24, 2.45) is 11.8 Å². The zero-order chi connectivity index (χ0) is 20.3. The quantitative estimate of drug-likeness (QED) is 0.768. The van der Waals surface area contributed by atoms with Crippen LogP contribution in [0.5, 0.6) is 0 Å². The van der Waals surface area contributed by atoms with Crippen molar-refractivity contribution in [2.75, 3.05) is 11.9 Å². The smallest absolute Gasteiger partial charge is 0.323 e. The summed E-state index contributed by atoms with van der Waals surface area (Å²) in [6, 6.07) is 11.9. The summed E-state index contributed by atoms with van der Waals surface area (Å²) in [5, 5.41) is 11.9. The van der Waals surface area contributed by atoms with Gasteiger partial charge in [-0.05, 0) is 54.3 Å². The molecule has 7 heteroatoms. The molecule has 2 amide bonds. The van der Waals surface area contributed by atoms with Crippen molar-refractivity contribution in [3.63, 3.8) is 0 Å². The van der Waals surface area contributed by atoms with Crippen LogP contribution in [0.25, 0.3) is 0 Å². The third-order valence-corrected chi connectivity index (χ3v) is 4.75. The van der Waals surface area contributed by atoms with Crippen LogP contribution in [0, 0.1) is 17.7 Å². The second kappa shape index (κ2) is 8.21. The number of nitrogens with one attached hydrogen (secondary N) is 1. The summed E-state index contributed by atoms with van der Waals surface area (Å²) in [7, 11) is 0. The Morgan fingerprint density at radius 3 is 2.25 bits per heavy atom. The molecular weight excluding hydrogens is 363 g/mol. The Balaban J connectivity index is 1.69. The van der Waals surface area contributed by atoms with Crippen LogP contribution in [0.2, 0.25) is 0 Å². The summed E-state index contributed by atoms with van der Waals surface area (Å²) in [5.74, 6) is -1.59. The Kier molecular flexibility index (Phi) is 5.73. The highest BCUT2D eigenvalue weighted by Crippen LogP contribution is 2.38. The van der Waals surface area contributed by atoms with Crippen LogP contribution in [0.1, 0.15) is 29.3 Å². The molecule has 28 heavy (non-hydrogen) atoms. The number of anilines is 1. The molecule has 2 N–H and O–H groups in total. The molecule has 146 valence electrons. The van der Waals surface area contributed by atoms with E-state index in [0.29, 0.717) is 22.7 Å². The zero-order valence-corrected chi connectivity index (χ0v) is 15.4. The average Bonchev–Trinajstić information content (AvgIpc) is 3.39. The minimum atomic E-state index is -1.14. The van der Waals surface area contributed by atoms with Crippen LogP contribution in [0.4, 0.5) is 10.1 Å². The maximum Gasteiger partial charge on any atom is 0.323 e. The third kappa shape index (κ3) is 4.94. The molecule has 0 spiro atoms. The number of benzene rings is 2. The molecule has 2 aromatic rings. The van der Waals surface area contributed by atoms with Gasteiger partial charge in [0.05, 0.1) is 0 Å². The molecule has 0 saturated heterocycles. The van der Waals surface area contributed by atoms with Gasteiger partial charge < -0.3 is 15.3 Å². The van der Waals surface area contributed by atoms with Gasteiger partial charge in [0.25, 0.3) is 5.91 Å². The normalized spacial score (nSPS) is 17.6. The van der Waals surface area contributed by atoms with Gasteiger partial charge in [-0.15, -0.1) is 0 Å². The Morgan fingerprint density at radius 1 is 1.11 bits per heavy atom. The van der Waals surface area contributed by atoms with E-state index in [-0.39, 0.29) is 18.4 Å². The highest BCUT2D eigenvalue weighted by Gasteiger charge is 2.39. The highest BCUT2D eigenvalue weighted by atomic mass is 19.1. The van der Waals surface area contributed by atoms with Crippen LogP contribution in [0.15, 0.2) is 48.5 Å². The topological polar surface area (TPSA) is 86.7 Å². The first-order chi connectivity index (χ1) is 13.3. The number of carbonyl (C=O) groups is 3. The summed E-state index contributed by atoms with van der Waals surface area (Å²) < 4.78 is 13.1. The van der Waals surface area contributed by atoms with Crippen LogP contribution < -0.4 is 5.32 Å². The number of hydrogen-bond acceptors (Lipinski definition) is 3. The van der Waals surface area contributed by atoms with Gasteiger partial charge in [-0.3, -0.25) is 14.4 Å². The van der Waals surface area contributed by atoms with Gasteiger partial charge in [0.15, 0.2) is 0 Å². The van der Waals surface area contributed by atoms with E-state index in [1.807, 2.05) is 6.92 Å². The molecule has 0 heterocycles. The van der Waals surface area contributed by atoms with E-state index in [9.17, 15) is 18.8 Å². The van der Waals surface area contributed by atoms with E-state index in [4.69, 9.17) is 5.11 Å². The van der Waals surface area contributed by atoms with Crippen molar-refractivity contribution in [3.05, 3.63) is 65.5 Å². The summed E-state index contributed by atoms with van der Waals surface area (Å²) in [6.45, 7) is 1.59. The second-order valence-electron chi connectivity index (χ2n) is 7.07. The molecule has 0 aliphatic heterocycles. The van der Waals surface area contributed by atoms with E-state index in [0.717, 1.165) is 6.42 Å². The second-order valence-corrected chi connectivity index (χ2v) is 7.07. The number of carbonyl (C=O) groups excluding carboxylic acids is 2. The molecule has 1 aliphatic rings. The van der Waals surface area contributed by atoms with E-state index < -0.39 is 24.2 Å². The number of nitrogens with zero attached hydrogens (tertiary/aromatic N) is 1. The lowest BCUT2D eigenvalue weighted by atomic mass is 10.1. The summed E-state index contributed by atoms with van der Waals surface area (Å²) >= 11 is 0. The van der Waals surface area contributed by atoms with Crippen molar-refractivity contribution in [3.8, 4) is 0 Å². The zero-order valence-electron chi connectivity index (χ0n) is 15.4. The number of rotatable bonds is 7. The van der Waals surface area contributed by atoms with Gasteiger partial charge >= 0.3 is 5.97 Å². The van der Waals surface area contributed by atoms with Crippen LogP contribution in [-0.2, 0) is 16.1 Å². The van der Waals surface area contributed by atoms with Crippen LogP contribution in [-0.4, -0.2) is 34.3 Å². The number of aliphatic carboxylic acids is 1. The van der Waals surface area contributed by atoms with E-state index in [1.54, 1.807) is 24.3 Å². The van der Waals surface area contributed by atoms with Gasteiger partial charge in [0.1, 0.15) is 12.4 Å². The largest absolute Gasteiger partial charge is 0.480 e. The lowest BCUT2D eigenvalue weighted by Gasteiger charge is -2.21. The minimum absolute atomic E-state index is 0.0320. The molecule has 2 unspecified atom stereocenters. The SMILES string of the molecule is CC1CC1C(=O)Nc1ccc(C(=O)N(CC(=O)O)Cc2ccc(F)cc2)cc1. The summed E-state index contributed by atoms with van der Waals surface area (Å²) in [6.07, 6.45) is 0.885. The summed E-state index contributed by atoms with van der Waals surface area (Å²) in [5.41, 5.74) is 1.52. The van der Waals surface area contributed by atoms with Crippen molar-refractivity contribution >= 4 is 23.5 Å². The Hall–Kier alpha value is -3.22. The predicted molar refractivity (Wildman–Crippen MR) is 101 cm³/mol. The molecule has 0 bridgehead atoms. The monoisotopic (exact) mass is 384 g/mol. The molecule has 0 aromatic heterocycles. The fourth-order valence-electron chi connectivity index (χ4n) is 2.97. The molecule has 3 rings (SSSR count). The lowest BCUT2D eigenvalue weighted by molar-refractivity contribution is -0.137. The molecule has 6 nitrogen and oxygen atoms in total. The van der Waals surface area contributed by atoms with Gasteiger partial charge in [-0.25, -0.2) is 4.39 Å². The Bertz CT molecular complexity index is 880. The maximum absolute atomic E-state index is 13.1. The molecule has 2 aromatic carbocycles. The number of carboxylic acids is 1.